The third-order valence-corrected chi connectivity index (χ3v) is 8.25. The first-order valence-electron chi connectivity index (χ1n) is 13.0. The smallest absolute Gasteiger partial charge is 0.306 e. The lowest BCUT2D eigenvalue weighted by Crippen LogP contribution is -2.36. The van der Waals surface area contributed by atoms with Gasteiger partial charge < -0.3 is 5.11 Å². The van der Waals surface area contributed by atoms with Crippen molar-refractivity contribution in [2.24, 2.45) is 5.92 Å². The average molecular weight is 521 g/mol. The van der Waals surface area contributed by atoms with E-state index in [1.807, 2.05) is 31.2 Å². The summed E-state index contributed by atoms with van der Waals surface area (Å²) in [6.07, 6.45) is 2.59. The molecule has 1 saturated heterocycles. The molecule has 0 saturated carbocycles. The minimum Gasteiger partial charge on any atom is -0.481 e. The van der Waals surface area contributed by atoms with Crippen LogP contribution in [0, 0.1) is 26.7 Å². The summed E-state index contributed by atoms with van der Waals surface area (Å²) in [6, 6.07) is 12.3. The van der Waals surface area contributed by atoms with Crippen LogP contribution in [0.4, 0.5) is 5.13 Å². The Morgan fingerprint density at radius 2 is 1.73 bits per heavy atom. The molecule has 0 aliphatic carbocycles. The molecule has 0 spiro atoms. The normalized spacial score (nSPS) is 14.6. The van der Waals surface area contributed by atoms with Crippen LogP contribution < -0.4 is 4.90 Å². The molecule has 0 bridgehead atoms. The van der Waals surface area contributed by atoms with Gasteiger partial charge in [-0.25, -0.2) is 0 Å². The lowest BCUT2D eigenvalue weighted by molar-refractivity contribution is -0.143. The maximum absolute atomic E-state index is 13.2. The van der Waals surface area contributed by atoms with Crippen LogP contribution in [-0.4, -0.2) is 51.7 Å². The molecule has 0 radical (unpaired) electrons. The summed E-state index contributed by atoms with van der Waals surface area (Å²) in [5.74, 6) is -0.862. The number of amides is 1. The molecule has 1 aliphatic rings. The molecule has 0 unspecified atom stereocenters. The fourth-order valence-electron chi connectivity index (χ4n) is 4.99. The standard InChI is InChI=1S/C29H36N4O3S/c1-5-12-33(26(34)17-23-9-7-6-8-19(23)2)29-31-30-27(37-29)24-15-20(3)25(21(4)16-24)18-32-13-10-22(11-14-32)28(35)36/h6-9,15-16,22H,5,10-14,17-18H2,1-4H3,(H,35,36). The summed E-state index contributed by atoms with van der Waals surface area (Å²) in [5, 5.41) is 19.6. The van der Waals surface area contributed by atoms with Crippen LogP contribution in [0.2, 0.25) is 0 Å². The van der Waals surface area contributed by atoms with Crippen LogP contribution in [0.1, 0.15) is 54.0 Å². The minimum atomic E-state index is -0.679. The van der Waals surface area contributed by atoms with Gasteiger partial charge in [-0.05, 0) is 93.1 Å². The van der Waals surface area contributed by atoms with Gasteiger partial charge in [0.15, 0.2) is 0 Å². The fourth-order valence-corrected chi connectivity index (χ4v) is 5.86. The van der Waals surface area contributed by atoms with Gasteiger partial charge in [0.25, 0.3) is 0 Å². The van der Waals surface area contributed by atoms with Crippen LogP contribution in [0.25, 0.3) is 10.6 Å². The second-order valence-corrected chi connectivity index (χ2v) is 11.0. The van der Waals surface area contributed by atoms with E-state index in [4.69, 9.17) is 0 Å². The van der Waals surface area contributed by atoms with Crippen molar-refractivity contribution < 1.29 is 14.7 Å². The summed E-state index contributed by atoms with van der Waals surface area (Å²) in [7, 11) is 0. The van der Waals surface area contributed by atoms with Crippen molar-refractivity contribution in [3.8, 4) is 10.6 Å². The maximum Gasteiger partial charge on any atom is 0.306 e. The molecule has 3 aromatic rings. The number of hydrogen-bond acceptors (Lipinski definition) is 6. The number of carboxylic acids is 1. The number of aromatic nitrogens is 2. The van der Waals surface area contributed by atoms with Gasteiger partial charge in [-0.1, -0.05) is 42.5 Å². The SMILES string of the molecule is CCCN(C(=O)Cc1ccccc1C)c1nnc(-c2cc(C)c(CN3CCC(C(=O)O)CC3)c(C)c2)s1. The molecule has 196 valence electrons. The van der Waals surface area contributed by atoms with Crippen molar-refractivity contribution >= 4 is 28.3 Å². The van der Waals surface area contributed by atoms with Crippen molar-refractivity contribution in [2.75, 3.05) is 24.5 Å². The Kier molecular flexibility index (Phi) is 8.71. The molecule has 4 rings (SSSR count). The van der Waals surface area contributed by atoms with E-state index in [1.54, 1.807) is 4.90 Å². The average Bonchev–Trinajstić information content (AvgIpc) is 3.36. The third kappa shape index (κ3) is 6.43. The second-order valence-electron chi connectivity index (χ2n) is 10.0. The summed E-state index contributed by atoms with van der Waals surface area (Å²) < 4.78 is 0. The molecular weight excluding hydrogens is 484 g/mol. The Bertz CT molecular complexity index is 1240. The third-order valence-electron chi connectivity index (χ3n) is 7.26. The Morgan fingerprint density at radius 3 is 2.35 bits per heavy atom. The predicted octanol–water partition coefficient (Wildman–Crippen LogP) is 5.41. The van der Waals surface area contributed by atoms with Crippen molar-refractivity contribution in [1.29, 1.82) is 0 Å². The number of nitrogens with zero attached hydrogens (tertiary/aromatic N) is 4. The number of piperidine rings is 1. The van der Waals surface area contributed by atoms with Gasteiger partial charge in [0, 0.05) is 18.7 Å². The van der Waals surface area contributed by atoms with Gasteiger partial charge in [0.05, 0.1) is 12.3 Å². The fraction of sp³-hybridized carbons (Fsp3) is 0.448. The van der Waals surface area contributed by atoms with Gasteiger partial charge in [-0.2, -0.15) is 0 Å². The molecule has 7 nitrogen and oxygen atoms in total. The molecule has 1 aliphatic heterocycles. The summed E-state index contributed by atoms with van der Waals surface area (Å²) in [4.78, 5) is 28.6. The highest BCUT2D eigenvalue weighted by molar-refractivity contribution is 7.18. The highest BCUT2D eigenvalue weighted by Crippen LogP contribution is 2.32. The number of rotatable bonds is 9. The van der Waals surface area contributed by atoms with Crippen LogP contribution in [-0.2, 0) is 22.6 Å². The monoisotopic (exact) mass is 520 g/mol. The Labute approximate surface area is 223 Å². The molecule has 2 aromatic carbocycles. The second kappa shape index (κ2) is 12.0. The lowest BCUT2D eigenvalue weighted by atomic mass is 9.95. The molecular formula is C29H36N4O3S. The molecule has 8 heteroatoms. The van der Waals surface area contributed by atoms with Gasteiger partial charge in [0.1, 0.15) is 5.01 Å². The van der Waals surface area contributed by atoms with Gasteiger partial charge in [0.2, 0.25) is 11.0 Å². The molecule has 37 heavy (non-hydrogen) atoms. The minimum absolute atomic E-state index is 0.0354. The first-order valence-corrected chi connectivity index (χ1v) is 13.8. The highest BCUT2D eigenvalue weighted by atomic mass is 32.1. The van der Waals surface area contributed by atoms with E-state index in [9.17, 15) is 14.7 Å². The Balaban J connectivity index is 1.49. The van der Waals surface area contributed by atoms with Crippen molar-refractivity contribution in [3.05, 3.63) is 64.2 Å². The number of aliphatic carboxylic acids is 1. The summed E-state index contributed by atoms with van der Waals surface area (Å²) in [5.41, 5.74) is 6.81. The molecule has 1 N–H and O–H groups in total. The molecule has 1 fully saturated rings. The van der Waals surface area contributed by atoms with Crippen LogP contribution in [0.5, 0.6) is 0 Å². The quantitative estimate of drug-likeness (QED) is 0.406. The summed E-state index contributed by atoms with van der Waals surface area (Å²) in [6.45, 7) is 11.4. The van der Waals surface area contributed by atoms with Crippen molar-refractivity contribution in [3.63, 3.8) is 0 Å². The Morgan fingerprint density at radius 1 is 1.05 bits per heavy atom. The number of aryl methyl sites for hydroxylation is 3. The van der Waals surface area contributed by atoms with Gasteiger partial charge >= 0.3 is 5.97 Å². The predicted molar refractivity (Wildman–Crippen MR) is 148 cm³/mol. The first kappa shape index (κ1) is 26.9. The van der Waals surface area contributed by atoms with Crippen LogP contribution >= 0.6 is 11.3 Å². The first-order chi connectivity index (χ1) is 17.8. The molecule has 1 aromatic heterocycles. The molecule has 1 amide bonds. The zero-order chi connectivity index (χ0) is 26.5. The maximum atomic E-state index is 13.2. The largest absolute Gasteiger partial charge is 0.481 e. The van der Waals surface area contributed by atoms with Gasteiger partial charge in [-0.3, -0.25) is 19.4 Å². The van der Waals surface area contributed by atoms with E-state index in [0.717, 1.165) is 47.8 Å². The number of likely N-dealkylation sites (tertiary alicyclic amines) is 1. The van der Waals surface area contributed by atoms with E-state index in [-0.39, 0.29) is 11.8 Å². The number of anilines is 1. The van der Waals surface area contributed by atoms with E-state index in [1.165, 1.54) is 28.0 Å². The van der Waals surface area contributed by atoms with Gasteiger partial charge in [-0.15, -0.1) is 10.2 Å². The van der Waals surface area contributed by atoms with E-state index >= 15 is 0 Å². The van der Waals surface area contributed by atoms with Crippen molar-refractivity contribution in [2.45, 2.75) is 59.9 Å². The number of carbonyl (C=O) groups excluding carboxylic acids is 1. The number of hydrogen-bond donors (Lipinski definition) is 1. The van der Waals surface area contributed by atoms with E-state index < -0.39 is 5.97 Å². The molecule has 2 heterocycles. The topological polar surface area (TPSA) is 86.6 Å². The Hall–Kier alpha value is -3.10. The molecule has 0 atom stereocenters. The van der Waals surface area contributed by atoms with Crippen molar-refractivity contribution in [1.82, 2.24) is 15.1 Å². The van der Waals surface area contributed by atoms with E-state index in [2.05, 4.69) is 48.0 Å². The highest BCUT2D eigenvalue weighted by Gasteiger charge is 2.25. The zero-order valence-corrected chi connectivity index (χ0v) is 23.0. The van der Waals surface area contributed by atoms with E-state index in [0.29, 0.717) is 30.9 Å². The zero-order valence-electron chi connectivity index (χ0n) is 22.2. The number of benzene rings is 2. The van der Waals surface area contributed by atoms with Crippen LogP contribution in [0.15, 0.2) is 36.4 Å². The number of carboxylic acid groups (broad SMARTS) is 1. The number of carbonyl (C=O) groups is 2. The lowest BCUT2D eigenvalue weighted by Gasteiger charge is -2.31. The van der Waals surface area contributed by atoms with Crippen LogP contribution in [0.3, 0.4) is 0 Å². The summed E-state index contributed by atoms with van der Waals surface area (Å²) >= 11 is 1.46.